The smallest absolute Gasteiger partial charge is 0.262 e. The number of fused-ring (bicyclic) bond motifs is 1. The first kappa shape index (κ1) is 15.0. The van der Waals surface area contributed by atoms with Crippen LogP contribution in [0.5, 0.6) is 0 Å². The standard InChI is InChI=1S/C13H18N2O4S/c1-9(2)8-19-14-20(17,18)11-4-5-12-10(6-11)7-13(16)15(12)3/h4-6,9,14H,7-8H2,1-3H3. The van der Waals surface area contributed by atoms with Crippen molar-refractivity contribution in [2.24, 2.45) is 5.92 Å². The van der Waals surface area contributed by atoms with Gasteiger partial charge in [0.2, 0.25) is 5.91 Å². The zero-order chi connectivity index (χ0) is 14.9. The predicted molar refractivity (Wildman–Crippen MR) is 74.7 cm³/mol. The highest BCUT2D eigenvalue weighted by Gasteiger charge is 2.26. The number of likely N-dealkylation sites (N-methyl/N-ethyl adjacent to an activating group) is 1. The average molecular weight is 298 g/mol. The van der Waals surface area contributed by atoms with Crippen molar-refractivity contribution < 1.29 is 18.0 Å². The zero-order valence-electron chi connectivity index (χ0n) is 11.7. The first-order valence-electron chi connectivity index (χ1n) is 6.34. The number of carbonyl (C=O) groups is 1. The minimum Gasteiger partial charge on any atom is -0.315 e. The van der Waals surface area contributed by atoms with E-state index in [9.17, 15) is 13.2 Å². The molecule has 1 amide bonds. The van der Waals surface area contributed by atoms with Crippen LogP contribution in [0.2, 0.25) is 0 Å². The molecule has 7 heteroatoms. The van der Waals surface area contributed by atoms with Gasteiger partial charge in [-0.2, -0.15) is 0 Å². The van der Waals surface area contributed by atoms with Crippen molar-refractivity contribution in [1.82, 2.24) is 4.89 Å². The summed E-state index contributed by atoms with van der Waals surface area (Å²) in [4.78, 5) is 20.3. The van der Waals surface area contributed by atoms with Gasteiger partial charge in [0.15, 0.2) is 0 Å². The molecule has 0 radical (unpaired) electrons. The van der Waals surface area contributed by atoms with Gasteiger partial charge in [0, 0.05) is 12.7 Å². The normalized spacial score (nSPS) is 15.0. The van der Waals surface area contributed by atoms with Crippen LogP contribution >= 0.6 is 0 Å². The predicted octanol–water partition coefficient (Wildman–Crippen LogP) is 1.07. The molecule has 0 aliphatic carbocycles. The van der Waals surface area contributed by atoms with E-state index in [2.05, 4.69) is 4.89 Å². The van der Waals surface area contributed by atoms with Gasteiger partial charge in [0.25, 0.3) is 10.0 Å². The van der Waals surface area contributed by atoms with Crippen molar-refractivity contribution in [2.75, 3.05) is 18.6 Å². The highest BCUT2D eigenvalue weighted by Crippen LogP contribution is 2.29. The highest BCUT2D eigenvalue weighted by atomic mass is 32.2. The summed E-state index contributed by atoms with van der Waals surface area (Å²) in [5.74, 6) is 0.183. The number of sulfonamides is 1. The molecular weight excluding hydrogens is 280 g/mol. The third-order valence-corrected chi connectivity index (χ3v) is 4.24. The molecular formula is C13H18N2O4S. The summed E-state index contributed by atoms with van der Waals surface area (Å²) in [7, 11) is -2.04. The minimum absolute atomic E-state index is 0.0430. The second-order valence-electron chi connectivity index (χ2n) is 5.21. The quantitative estimate of drug-likeness (QED) is 0.825. The van der Waals surface area contributed by atoms with Crippen LogP contribution in [0.15, 0.2) is 23.1 Å². The third-order valence-electron chi connectivity index (χ3n) is 3.02. The van der Waals surface area contributed by atoms with Crippen LogP contribution in [0.4, 0.5) is 5.69 Å². The fraction of sp³-hybridized carbons (Fsp3) is 0.462. The van der Waals surface area contributed by atoms with E-state index in [1.165, 1.54) is 17.0 Å². The van der Waals surface area contributed by atoms with Crippen molar-refractivity contribution in [3.05, 3.63) is 23.8 Å². The van der Waals surface area contributed by atoms with Crippen LogP contribution in [0.25, 0.3) is 0 Å². The number of nitrogens with zero attached hydrogens (tertiary/aromatic N) is 1. The van der Waals surface area contributed by atoms with Gasteiger partial charge in [-0.05, 0) is 29.7 Å². The summed E-state index contributed by atoms with van der Waals surface area (Å²) in [5.41, 5.74) is 1.46. The maximum absolute atomic E-state index is 12.0. The van der Waals surface area contributed by atoms with E-state index in [0.29, 0.717) is 12.2 Å². The number of hydrogen-bond acceptors (Lipinski definition) is 4. The van der Waals surface area contributed by atoms with Crippen molar-refractivity contribution in [3.8, 4) is 0 Å². The fourth-order valence-corrected chi connectivity index (χ4v) is 2.80. The molecule has 2 rings (SSSR count). The first-order chi connectivity index (χ1) is 9.31. The summed E-state index contributed by atoms with van der Waals surface area (Å²) in [6, 6.07) is 4.62. The number of carbonyl (C=O) groups excluding carboxylic acids is 1. The summed E-state index contributed by atoms with van der Waals surface area (Å²) in [5, 5.41) is 0. The Balaban J connectivity index is 2.18. The second kappa shape index (κ2) is 5.51. The monoisotopic (exact) mass is 298 g/mol. The Hall–Kier alpha value is -1.44. The Morgan fingerprint density at radius 1 is 1.40 bits per heavy atom. The molecule has 1 N–H and O–H groups in total. The number of hydrogen-bond donors (Lipinski definition) is 1. The number of amides is 1. The first-order valence-corrected chi connectivity index (χ1v) is 7.82. The average Bonchev–Trinajstić information content (AvgIpc) is 2.64. The van der Waals surface area contributed by atoms with Crippen molar-refractivity contribution >= 4 is 21.6 Å². The maximum atomic E-state index is 12.0. The van der Waals surface area contributed by atoms with E-state index in [4.69, 9.17) is 4.84 Å². The molecule has 0 spiro atoms. The van der Waals surface area contributed by atoms with E-state index >= 15 is 0 Å². The lowest BCUT2D eigenvalue weighted by Crippen LogP contribution is -2.26. The highest BCUT2D eigenvalue weighted by molar-refractivity contribution is 7.89. The SMILES string of the molecule is CC(C)CONS(=O)(=O)c1ccc2c(c1)CC(=O)N2C. The summed E-state index contributed by atoms with van der Waals surface area (Å²) >= 11 is 0. The van der Waals surface area contributed by atoms with E-state index in [1.54, 1.807) is 13.1 Å². The molecule has 0 fully saturated rings. The number of rotatable bonds is 5. The Bertz CT molecular complexity index is 625. The van der Waals surface area contributed by atoms with Crippen molar-refractivity contribution in [2.45, 2.75) is 25.2 Å². The molecule has 0 aromatic heterocycles. The Labute approximate surface area is 118 Å². The fourth-order valence-electron chi connectivity index (χ4n) is 1.94. The van der Waals surface area contributed by atoms with E-state index in [-0.39, 0.29) is 23.1 Å². The molecule has 0 bridgehead atoms. The number of nitrogens with one attached hydrogen (secondary N) is 1. The van der Waals surface area contributed by atoms with Gasteiger partial charge in [-0.3, -0.25) is 9.63 Å². The Kier molecular flexibility index (Phi) is 4.12. The lowest BCUT2D eigenvalue weighted by Gasteiger charge is -2.12. The summed E-state index contributed by atoms with van der Waals surface area (Å²) in [6.45, 7) is 4.14. The Morgan fingerprint density at radius 2 is 2.10 bits per heavy atom. The van der Waals surface area contributed by atoms with Crippen LogP contribution in [0.1, 0.15) is 19.4 Å². The van der Waals surface area contributed by atoms with Crippen LogP contribution < -0.4 is 9.79 Å². The lowest BCUT2D eigenvalue weighted by molar-refractivity contribution is -0.117. The lowest BCUT2D eigenvalue weighted by atomic mass is 10.2. The molecule has 6 nitrogen and oxygen atoms in total. The Morgan fingerprint density at radius 3 is 2.75 bits per heavy atom. The van der Waals surface area contributed by atoms with E-state index < -0.39 is 10.0 Å². The molecule has 110 valence electrons. The van der Waals surface area contributed by atoms with Crippen LogP contribution in [0, 0.1) is 5.92 Å². The van der Waals surface area contributed by atoms with E-state index in [1.807, 2.05) is 13.8 Å². The molecule has 1 aromatic rings. The molecule has 1 aliphatic heterocycles. The van der Waals surface area contributed by atoms with Gasteiger partial charge in [-0.1, -0.05) is 18.7 Å². The topological polar surface area (TPSA) is 75.7 Å². The largest absolute Gasteiger partial charge is 0.315 e. The van der Waals surface area contributed by atoms with Gasteiger partial charge in [-0.15, -0.1) is 0 Å². The molecule has 1 heterocycles. The number of anilines is 1. The van der Waals surface area contributed by atoms with Gasteiger partial charge < -0.3 is 4.90 Å². The third kappa shape index (κ3) is 3.00. The second-order valence-corrected chi connectivity index (χ2v) is 6.86. The van der Waals surface area contributed by atoms with Crippen LogP contribution in [-0.4, -0.2) is 28.0 Å². The van der Waals surface area contributed by atoms with Crippen molar-refractivity contribution in [1.29, 1.82) is 0 Å². The van der Waals surface area contributed by atoms with Gasteiger partial charge in [-0.25, -0.2) is 8.42 Å². The summed E-state index contributed by atoms with van der Waals surface area (Å²) in [6.07, 6.45) is 0.224. The number of benzene rings is 1. The van der Waals surface area contributed by atoms with Crippen molar-refractivity contribution in [3.63, 3.8) is 0 Å². The minimum atomic E-state index is -3.71. The van der Waals surface area contributed by atoms with Gasteiger partial charge in [0.1, 0.15) is 0 Å². The molecule has 20 heavy (non-hydrogen) atoms. The maximum Gasteiger partial charge on any atom is 0.262 e. The molecule has 0 atom stereocenters. The van der Waals surface area contributed by atoms with Crippen LogP contribution in [0.3, 0.4) is 0 Å². The molecule has 1 aliphatic rings. The molecule has 0 unspecified atom stereocenters. The zero-order valence-corrected chi connectivity index (χ0v) is 12.5. The van der Waals surface area contributed by atoms with Gasteiger partial charge >= 0.3 is 0 Å². The molecule has 0 saturated carbocycles. The summed E-state index contributed by atoms with van der Waals surface area (Å²) < 4.78 is 24.1. The molecule has 1 aromatic carbocycles. The van der Waals surface area contributed by atoms with Crippen LogP contribution in [-0.2, 0) is 26.1 Å². The van der Waals surface area contributed by atoms with E-state index in [0.717, 1.165) is 5.69 Å². The molecule has 0 saturated heterocycles. The van der Waals surface area contributed by atoms with Gasteiger partial charge in [0.05, 0.1) is 17.9 Å².